The average Bonchev–Trinajstić information content (AvgIpc) is 2.05. The number of rotatable bonds is 4. The first-order valence-electron chi connectivity index (χ1n) is 3.51. The Labute approximate surface area is 72.0 Å². The number of nitrogens with two attached hydrogens (primary N) is 1. The lowest BCUT2D eigenvalue weighted by molar-refractivity contribution is 0.805. The van der Waals surface area contributed by atoms with Gasteiger partial charge in [-0.3, -0.25) is 10.4 Å². The topological polar surface area (TPSA) is 62.4 Å². The summed E-state index contributed by atoms with van der Waals surface area (Å²) >= 11 is 1.84. The number of hydrogen-bond acceptors (Lipinski definition) is 3. The van der Waals surface area contributed by atoms with E-state index in [2.05, 4.69) is 22.0 Å². The highest BCUT2D eigenvalue weighted by molar-refractivity contribution is 7.98. The van der Waals surface area contributed by atoms with Crippen molar-refractivity contribution < 1.29 is 0 Å². The molecule has 0 saturated carbocycles. The SMILES string of the molecule is CN=C(NN)NCCCSC. The number of nitrogens with zero attached hydrogens (tertiary/aromatic N) is 1. The minimum Gasteiger partial charge on any atom is -0.355 e. The first-order valence-corrected chi connectivity index (χ1v) is 4.90. The monoisotopic (exact) mass is 176 g/mol. The molecule has 0 saturated heterocycles. The van der Waals surface area contributed by atoms with Crippen LogP contribution < -0.4 is 16.6 Å². The van der Waals surface area contributed by atoms with Crippen molar-refractivity contribution in [2.75, 3.05) is 25.6 Å². The average molecular weight is 176 g/mol. The molecule has 0 aromatic carbocycles. The molecular formula is C6H16N4S. The fourth-order valence-electron chi connectivity index (χ4n) is 0.618. The number of guanidine groups is 1. The van der Waals surface area contributed by atoms with Crippen LogP contribution in [0.4, 0.5) is 0 Å². The molecule has 0 aromatic heterocycles. The molecule has 0 aromatic rings. The molecule has 4 N–H and O–H groups in total. The molecule has 0 heterocycles. The van der Waals surface area contributed by atoms with Crippen LogP contribution in [0.25, 0.3) is 0 Å². The highest BCUT2D eigenvalue weighted by atomic mass is 32.2. The highest BCUT2D eigenvalue weighted by Crippen LogP contribution is 1.92. The summed E-state index contributed by atoms with van der Waals surface area (Å²) in [7, 11) is 1.69. The van der Waals surface area contributed by atoms with E-state index in [1.807, 2.05) is 11.8 Å². The first kappa shape index (κ1) is 10.6. The molecule has 5 heteroatoms. The summed E-state index contributed by atoms with van der Waals surface area (Å²) < 4.78 is 0. The van der Waals surface area contributed by atoms with Crippen molar-refractivity contribution in [3.05, 3.63) is 0 Å². The number of hydrazine groups is 1. The number of hydrogen-bond donors (Lipinski definition) is 3. The molecule has 0 unspecified atom stereocenters. The van der Waals surface area contributed by atoms with Crippen molar-refractivity contribution >= 4 is 17.7 Å². The molecule has 0 rings (SSSR count). The third-order valence-corrected chi connectivity index (χ3v) is 1.87. The van der Waals surface area contributed by atoms with Crippen LogP contribution in [0.5, 0.6) is 0 Å². The van der Waals surface area contributed by atoms with Crippen molar-refractivity contribution in [2.45, 2.75) is 6.42 Å². The zero-order valence-electron chi connectivity index (χ0n) is 7.05. The van der Waals surface area contributed by atoms with Crippen molar-refractivity contribution in [3.63, 3.8) is 0 Å². The van der Waals surface area contributed by atoms with E-state index in [9.17, 15) is 0 Å². The van der Waals surface area contributed by atoms with Crippen LogP contribution in [-0.4, -0.2) is 31.6 Å². The Bertz CT molecular complexity index is 115. The summed E-state index contributed by atoms with van der Waals surface area (Å²) in [5.74, 6) is 6.96. The van der Waals surface area contributed by atoms with Gasteiger partial charge in [-0.1, -0.05) is 0 Å². The lowest BCUT2D eigenvalue weighted by atomic mass is 10.5. The molecule has 0 spiro atoms. The van der Waals surface area contributed by atoms with Crippen molar-refractivity contribution in [2.24, 2.45) is 10.8 Å². The molecule has 0 fully saturated rings. The second-order valence-corrected chi connectivity index (χ2v) is 2.98. The van der Waals surface area contributed by atoms with Gasteiger partial charge in [0.15, 0.2) is 0 Å². The molecule has 11 heavy (non-hydrogen) atoms. The van der Waals surface area contributed by atoms with Gasteiger partial charge in [0.1, 0.15) is 0 Å². The van der Waals surface area contributed by atoms with Crippen LogP contribution in [0.1, 0.15) is 6.42 Å². The molecule has 0 radical (unpaired) electrons. The Morgan fingerprint density at radius 3 is 2.82 bits per heavy atom. The lowest BCUT2D eigenvalue weighted by Gasteiger charge is -2.06. The van der Waals surface area contributed by atoms with Crippen LogP contribution in [0.2, 0.25) is 0 Å². The summed E-state index contributed by atoms with van der Waals surface area (Å²) in [6, 6.07) is 0. The summed E-state index contributed by atoms with van der Waals surface area (Å²) in [6.45, 7) is 0.914. The summed E-state index contributed by atoms with van der Waals surface area (Å²) in [5, 5.41) is 3.05. The van der Waals surface area contributed by atoms with E-state index in [-0.39, 0.29) is 0 Å². The minimum atomic E-state index is 0.645. The normalized spacial score (nSPS) is 11.4. The second-order valence-electron chi connectivity index (χ2n) is 1.99. The van der Waals surface area contributed by atoms with E-state index in [4.69, 9.17) is 5.84 Å². The van der Waals surface area contributed by atoms with Crippen LogP contribution in [0, 0.1) is 0 Å². The first-order chi connectivity index (χ1) is 5.35. The second kappa shape index (κ2) is 7.68. The van der Waals surface area contributed by atoms with Crippen molar-refractivity contribution in [1.29, 1.82) is 0 Å². The summed E-state index contributed by atoms with van der Waals surface area (Å²) in [6.07, 6.45) is 3.22. The molecule has 0 atom stereocenters. The largest absolute Gasteiger partial charge is 0.355 e. The molecule has 0 amide bonds. The highest BCUT2D eigenvalue weighted by Gasteiger charge is 1.90. The van der Waals surface area contributed by atoms with E-state index in [1.54, 1.807) is 7.05 Å². The lowest BCUT2D eigenvalue weighted by Crippen LogP contribution is -2.41. The molecule has 66 valence electrons. The molecule has 0 aliphatic rings. The van der Waals surface area contributed by atoms with Gasteiger partial charge in [0.25, 0.3) is 0 Å². The Morgan fingerprint density at radius 1 is 1.64 bits per heavy atom. The van der Waals surface area contributed by atoms with E-state index in [1.165, 1.54) is 0 Å². The minimum absolute atomic E-state index is 0.645. The quantitative estimate of drug-likeness (QED) is 0.182. The number of aliphatic imine (C=N–C) groups is 1. The van der Waals surface area contributed by atoms with Gasteiger partial charge in [-0.05, 0) is 18.4 Å². The number of nitrogens with one attached hydrogen (secondary N) is 2. The fourth-order valence-corrected chi connectivity index (χ4v) is 1.05. The standard InChI is InChI=1S/C6H16N4S/c1-8-6(10-7)9-4-3-5-11-2/h3-5,7H2,1-2H3,(H2,8,9,10). The maximum Gasteiger partial charge on any atom is 0.205 e. The fraction of sp³-hybridized carbons (Fsp3) is 0.833. The smallest absolute Gasteiger partial charge is 0.205 e. The predicted octanol–water partition coefficient (Wildman–Crippen LogP) is -0.222. The van der Waals surface area contributed by atoms with Crippen LogP contribution in [-0.2, 0) is 0 Å². The zero-order valence-corrected chi connectivity index (χ0v) is 7.87. The number of thioether (sulfide) groups is 1. The van der Waals surface area contributed by atoms with Crippen LogP contribution in [0.3, 0.4) is 0 Å². The third-order valence-electron chi connectivity index (χ3n) is 1.18. The molecule has 4 nitrogen and oxygen atoms in total. The molecular weight excluding hydrogens is 160 g/mol. The Kier molecular flexibility index (Phi) is 7.39. The van der Waals surface area contributed by atoms with E-state index in [0.717, 1.165) is 18.7 Å². The Balaban J connectivity index is 3.22. The van der Waals surface area contributed by atoms with Crippen LogP contribution >= 0.6 is 11.8 Å². The predicted molar refractivity (Wildman–Crippen MR) is 51.7 cm³/mol. The Hall–Kier alpha value is -0.420. The third kappa shape index (κ3) is 6.00. The summed E-state index contributed by atoms with van der Waals surface area (Å²) in [4.78, 5) is 3.87. The maximum absolute atomic E-state index is 5.15. The zero-order chi connectivity index (χ0) is 8.53. The van der Waals surface area contributed by atoms with Gasteiger partial charge < -0.3 is 5.32 Å². The van der Waals surface area contributed by atoms with Crippen LogP contribution in [0.15, 0.2) is 4.99 Å². The molecule has 0 aliphatic heterocycles. The Morgan fingerprint density at radius 2 is 2.36 bits per heavy atom. The van der Waals surface area contributed by atoms with E-state index >= 15 is 0 Å². The van der Waals surface area contributed by atoms with Gasteiger partial charge in [-0.25, -0.2) is 5.84 Å². The summed E-state index contributed by atoms with van der Waals surface area (Å²) in [5.41, 5.74) is 2.46. The molecule has 0 bridgehead atoms. The van der Waals surface area contributed by atoms with Gasteiger partial charge in [0, 0.05) is 13.6 Å². The maximum atomic E-state index is 5.15. The van der Waals surface area contributed by atoms with Crippen molar-refractivity contribution in [3.8, 4) is 0 Å². The van der Waals surface area contributed by atoms with Crippen molar-refractivity contribution in [1.82, 2.24) is 10.7 Å². The van der Waals surface area contributed by atoms with Gasteiger partial charge in [-0.15, -0.1) is 0 Å². The van der Waals surface area contributed by atoms with Gasteiger partial charge >= 0.3 is 0 Å². The van der Waals surface area contributed by atoms with Gasteiger partial charge in [-0.2, -0.15) is 11.8 Å². The van der Waals surface area contributed by atoms with E-state index < -0.39 is 0 Å². The van der Waals surface area contributed by atoms with Gasteiger partial charge in [0.2, 0.25) is 5.96 Å². The van der Waals surface area contributed by atoms with Gasteiger partial charge in [0.05, 0.1) is 0 Å². The van der Waals surface area contributed by atoms with E-state index in [0.29, 0.717) is 5.96 Å². The molecule has 0 aliphatic carbocycles.